The summed E-state index contributed by atoms with van der Waals surface area (Å²) in [4.78, 5) is 14.4. The predicted octanol–water partition coefficient (Wildman–Crippen LogP) is 1.44. The predicted molar refractivity (Wildman–Crippen MR) is 71.2 cm³/mol. The van der Waals surface area contributed by atoms with Crippen molar-refractivity contribution in [1.29, 1.82) is 0 Å². The van der Waals surface area contributed by atoms with E-state index < -0.39 is 0 Å². The lowest BCUT2D eigenvalue weighted by Crippen LogP contribution is -2.37. The zero-order valence-electron chi connectivity index (χ0n) is 10.6. The largest absolute Gasteiger partial charge is 0.312 e. The monoisotopic (exact) mass is 244 g/mol. The maximum Gasteiger partial charge on any atom is 0.138 e. The summed E-state index contributed by atoms with van der Waals surface area (Å²) in [7, 11) is 0. The number of Topliss-reactive ketones (excluding diaryl/α,β-unsaturated/α-hetero) is 1. The molecule has 0 aromatic heterocycles. The highest BCUT2D eigenvalue weighted by atomic mass is 16.1. The van der Waals surface area contributed by atoms with Crippen LogP contribution in [0.4, 0.5) is 0 Å². The first-order valence-electron chi connectivity index (χ1n) is 6.85. The van der Waals surface area contributed by atoms with Crippen molar-refractivity contribution >= 4 is 5.78 Å². The minimum atomic E-state index is 0.219. The molecule has 2 atom stereocenters. The third kappa shape index (κ3) is 2.47. The summed E-state index contributed by atoms with van der Waals surface area (Å²) in [6.07, 6.45) is 1.76. The normalized spacial score (nSPS) is 29.0. The Morgan fingerprint density at radius 3 is 2.89 bits per heavy atom. The molecule has 0 aliphatic carbocycles. The summed E-state index contributed by atoms with van der Waals surface area (Å²) < 4.78 is 0. The summed E-state index contributed by atoms with van der Waals surface area (Å²) in [6.45, 7) is 3.88. The molecular formula is C15H20N2O. The van der Waals surface area contributed by atoms with Crippen molar-refractivity contribution in [1.82, 2.24) is 10.2 Å². The van der Waals surface area contributed by atoms with E-state index in [1.807, 2.05) is 6.07 Å². The van der Waals surface area contributed by atoms with Gasteiger partial charge in [-0.1, -0.05) is 30.3 Å². The smallest absolute Gasteiger partial charge is 0.138 e. The van der Waals surface area contributed by atoms with E-state index in [0.29, 0.717) is 11.8 Å². The Morgan fingerprint density at radius 1 is 1.22 bits per heavy atom. The van der Waals surface area contributed by atoms with Gasteiger partial charge in [0.2, 0.25) is 0 Å². The van der Waals surface area contributed by atoms with Crippen molar-refractivity contribution in [2.24, 2.45) is 5.92 Å². The number of hydrogen-bond acceptors (Lipinski definition) is 3. The van der Waals surface area contributed by atoms with E-state index in [2.05, 4.69) is 34.5 Å². The Kier molecular flexibility index (Phi) is 3.43. The fourth-order valence-corrected chi connectivity index (χ4v) is 3.12. The van der Waals surface area contributed by atoms with Crippen LogP contribution in [0.15, 0.2) is 30.3 Å². The van der Waals surface area contributed by atoms with Gasteiger partial charge in [0, 0.05) is 38.0 Å². The van der Waals surface area contributed by atoms with Crippen LogP contribution >= 0.6 is 0 Å². The van der Waals surface area contributed by atoms with E-state index >= 15 is 0 Å². The van der Waals surface area contributed by atoms with Crippen LogP contribution in [0.5, 0.6) is 0 Å². The molecule has 0 bridgehead atoms. The number of carbonyl (C=O) groups excluding carboxylic acids is 1. The fraction of sp³-hybridized carbons (Fsp3) is 0.533. The van der Waals surface area contributed by atoms with Crippen molar-refractivity contribution in [2.75, 3.05) is 19.6 Å². The van der Waals surface area contributed by atoms with Gasteiger partial charge in [0.05, 0.1) is 0 Å². The Hall–Kier alpha value is -1.19. The van der Waals surface area contributed by atoms with Crippen LogP contribution in [0.1, 0.15) is 18.4 Å². The molecule has 3 nitrogen and oxygen atoms in total. The van der Waals surface area contributed by atoms with E-state index in [1.165, 1.54) is 5.56 Å². The lowest BCUT2D eigenvalue weighted by Gasteiger charge is -2.16. The average molecular weight is 244 g/mol. The number of carbonyl (C=O) groups is 1. The van der Waals surface area contributed by atoms with Gasteiger partial charge in [0.15, 0.2) is 0 Å². The summed E-state index contributed by atoms with van der Waals surface area (Å²) in [5.74, 6) is 0.678. The Morgan fingerprint density at radius 2 is 2.06 bits per heavy atom. The maximum atomic E-state index is 12.0. The van der Waals surface area contributed by atoms with Crippen molar-refractivity contribution in [3.05, 3.63) is 35.9 Å². The van der Waals surface area contributed by atoms with Gasteiger partial charge in [-0.3, -0.25) is 9.69 Å². The van der Waals surface area contributed by atoms with Crippen molar-refractivity contribution in [3.8, 4) is 0 Å². The summed E-state index contributed by atoms with van der Waals surface area (Å²) in [5, 5.41) is 3.53. The molecule has 1 N–H and O–H groups in total. The van der Waals surface area contributed by atoms with Crippen LogP contribution < -0.4 is 5.32 Å². The number of ketones is 1. The lowest BCUT2D eigenvalue weighted by atomic mass is 9.98. The van der Waals surface area contributed by atoms with E-state index in [9.17, 15) is 4.79 Å². The van der Waals surface area contributed by atoms with Crippen LogP contribution in [-0.2, 0) is 11.3 Å². The number of hydrogen-bond donors (Lipinski definition) is 1. The average Bonchev–Trinajstić information content (AvgIpc) is 2.71. The van der Waals surface area contributed by atoms with Gasteiger partial charge in [-0.15, -0.1) is 0 Å². The molecule has 2 fully saturated rings. The number of likely N-dealkylation sites (tertiary alicyclic amines) is 1. The number of benzene rings is 1. The molecule has 0 radical (unpaired) electrons. The molecule has 2 heterocycles. The van der Waals surface area contributed by atoms with Gasteiger partial charge in [-0.2, -0.15) is 0 Å². The standard InChI is InChI=1S/C15H20N2O/c18-15-7-4-8-16-14-11-17(10-13(14)15)9-12-5-2-1-3-6-12/h1-3,5-6,13-14,16H,4,7-11H2. The summed E-state index contributed by atoms with van der Waals surface area (Å²) in [5.41, 5.74) is 1.33. The second-order valence-electron chi connectivity index (χ2n) is 5.42. The van der Waals surface area contributed by atoms with Crippen molar-refractivity contribution in [3.63, 3.8) is 0 Å². The first-order valence-corrected chi connectivity index (χ1v) is 6.85. The van der Waals surface area contributed by atoms with Gasteiger partial charge in [-0.25, -0.2) is 0 Å². The highest BCUT2D eigenvalue weighted by Gasteiger charge is 2.37. The van der Waals surface area contributed by atoms with Crippen LogP contribution in [0.25, 0.3) is 0 Å². The minimum absolute atomic E-state index is 0.219. The first kappa shape index (κ1) is 11.9. The van der Waals surface area contributed by atoms with Crippen molar-refractivity contribution < 1.29 is 4.79 Å². The van der Waals surface area contributed by atoms with E-state index in [1.54, 1.807) is 0 Å². The molecule has 2 aliphatic rings. The SMILES string of the molecule is O=C1CCCNC2CN(Cc3ccccc3)CC12. The molecule has 96 valence electrons. The van der Waals surface area contributed by atoms with Crippen molar-refractivity contribution in [2.45, 2.75) is 25.4 Å². The number of fused-ring (bicyclic) bond motifs is 1. The van der Waals surface area contributed by atoms with E-state index in [0.717, 1.165) is 39.0 Å². The number of nitrogens with one attached hydrogen (secondary N) is 1. The minimum Gasteiger partial charge on any atom is -0.312 e. The highest BCUT2D eigenvalue weighted by molar-refractivity contribution is 5.82. The molecule has 1 aromatic rings. The highest BCUT2D eigenvalue weighted by Crippen LogP contribution is 2.23. The molecule has 3 heteroatoms. The lowest BCUT2D eigenvalue weighted by molar-refractivity contribution is -0.122. The number of rotatable bonds is 2. The Balaban J connectivity index is 1.66. The first-order chi connectivity index (χ1) is 8.83. The Labute approximate surface area is 108 Å². The van der Waals surface area contributed by atoms with Gasteiger partial charge in [-0.05, 0) is 18.5 Å². The fourth-order valence-electron chi connectivity index (χ4n) is 3.12. The molecule has 0 spiro atoms. The van der Waals surface area contributed by atoms with Crippen LogP contribution in [0, 0.1) is 5.92 Å². The second kappa shape index (κ2) is 5.21. The molecule has 0 amide bonds. The number of nitrogens with zero attached hydrogens (tertiary/aromatic N) is 1. The second-order valence-corrected chi connectivity index (χ2v) is 5.42. The molecule has 18 heavy (non-hydrogen) atoms. The van der Waals surface area contributed by atoms with Crippen LogP contribution in [0.3, 0.4) is 0 Å². The van der Waals surface area contributed by atoms with Gasteiger partial charge in [0.25, 0.3) is 0 Å². The van der Waals surface area contributed by atoms with E-state index in [4.69, 9.17) is 0 Å². The summed E-state index contributed by atoms with van der Waals surface area (Å²) in [6, 6.07) is 10.9. The summed E-state index contributed by atoms with van der Waals surface area (Å²) >= 11 is 0. The molecule has 2 unspecified atom stereocenters. The van der Waals surface area contributed by atoms with Crippen LogP contribution in [-0.4, -0.2) is 36.4 Å². The molecular weight excluding hydrogens is 224 g/mol. The third-order valence-corrected chi connectivity index (χ3v) is 4.06. The molecule has 1 aromatic carbocycles. The maximum absolute atomic E-state index is 12.0. The quantitative estimate of drug-likeness (QED) is 0.854. The van der Waals surface area contributed by atoms with Gasteiger partial charge in [0.1, 0.15) is 5.78 Å². The molecule has 2 aliphatic heterocycles. The van der Waals surface area contributed by atoms with Crippen LogP contribution in [0.2, 0.25) is 0 Å². The van der Waals surface area contributed by atoms with Gasteiger partial charge >= 0.3 is 0 Å². The zero-order chi connectivity index (χ0) is 12.4. The van der Waals surface area contributed by atoms with Gasteiger partial charge < -0.3 is 5.32 Å². The molecule has 3 rings (SSSR count). The molecule has 2 saturated heterocycles. The zero-order valence-corrected chi connectivity index (χ0v) is 10.6. The Bertz CT molecular complexity index is 418. The van der Waals surface area contributed by atoms with E-state index in [-0.39, 0.29) is 5.92 Å². The third-order valence-electron chi connectivity index (χ3n) is 4.06. The topological polar surface area (TPSA) is 32.3 Å². The molecule has 0 saturated carbocycles.